The lowest BCUT2D eigenvalue weighted by Gasteiger charge is -2.17. The van der Waals surface area contributed by atoms with Crippen molar-refractivity contribution in [3.8, 4) is 0 Å². The van der Waals surface area contributed by atoms with E-state index in [1.807, 2.05) is 62.4 Å². The van der Waals surface area contributed by atoms with Gasteiger partial charge in [-0.15, -0.1) is 0 Å². The molecule has 0 aliphatic carbocycles. The van der Waals surface area contributed by atoms with Gasteiger partial charge in [0.25, 0.3) is 0 Å². The molecule has 0 fully saturated rings. The second-order valence-corrected chi connectivity index (χ2v) is 6.24. The molecule has 0 radical (unpaired) electrons. The number of methoxy groups -OCH3 is 1. The summed E-state index contributed by atoms with van der Waals surface area (Å²) in [5.41, 5.74) is 4.28. The van der Waals surface area contributed by atoms with Gasteiger partial charge in [-0.2, -0.15) is 0 Å². The molecular weight excluding hydrogens is 330 g/mol. The zero-order valence-corrected chi connectivity index (χ0v) is 15.5. The largest absolute Gasteiger partial charge is 0.467 e. The number of carbonyl (C=O) groups excluding carboxylic acids is 2. The third-order valence-corrected chi connectivity index (χ3v) is 4.18. The molecule has 0 unspecified atom stereocenters. The van der Waals surface area contributed by atoms with Crippen LogP contribution in [0.3, 0.4) is 0 Å². The molecular formula is C21H25NO4. The summed E-state index contributed by atoms with van der Waals surface area (Å²) in [4.78, 5) is 24.2. The summed E-state index contributed by atoms with van der Waals surface area (Å²) in [5.74, 6) is -0.820. The van der Waals surface area contributed by atoms with Crippen molar-refractivity contribution in [2.45, 2.75) is 32.9 Å². The summed E-state index contributed by atoms with van der Waals surface area (Å²) in [6, 6.07) is 14.8. The van der Waals surface area contributed by atoms with Crippen LogP contribution in [0.1, 0.15) is 22.3 Å². The minimum Gasteiger partial charge on any atom is -0.467 e. The van der Waals surface area contributed by atoms with Gasteiger partial charge < -0.3 is 14.8 Å². The van der Waals surface area contributed by atoms with Crippen LogP contribution in [-0.4, -0.2) is 31.6 Å². The zero-order valence-electron chi connectivity index (χ0n) is 15.5. The highest BCUT2D eigenvalue weighted by atomic mass is 16.5. The molecule has 0 aliphatic rings. The van der Waals surface area contributed by atoms with Gasteiger partial charge in [-0.05, 0) is 36.1 Å². The van der Waals surface area contributed by atoms with E-state index >= 15 is 0 Å². The molecule has 0 bridgehead atoms. The van der Waals surface area contributed by atoms with Crippen molar-refractivity contribution in [3.05, 3.63) is 70.8 Å². The lowest BCUT2D eigenvalue weighted by atomic mass is 10.0. The predicted molar refractivity (Wildman–Crippen MR) is 99.7 cm³/mol. The molecule has 0 aliphatic heterocycles. The number of benzene rings is 2. The molecule has 5 nitrogen and oxygen atoms in total. The van der Waals surface area contributed by atoms with Gasteiger partial charge in [0.05, 0.1) is 13.7 Å². The average Bonchev–Trinajstić information content (AvgIpc) is 2.64. The first-order chi connectivity index (χ1) is 12.5. The van der Waals surface area contributed by atoms with E-state index < -0.39 is 12.0 Å². The van der Waals surface area contributed by atoms with Gasteiger partial charge in [0.1, 0.15) is 12.6 Å². The summed E-state index contributed by atoms with van der Waals surface area (Å²) in [6.45, 7) is 4.27. The number of amides is 1. The Kier molecular flexibility index (Phi) is 7.36. The third-order valence-electron chi connectivity index (χ3n) is 4.18. The summed E-state index contributed by atoms with van der Waals surface area (Å²) in [5, 5.41) is 2.70. The van der Waals surface area contributed by atoms with Crippen LogP contribution in [0, 0.1) is 13.8 Å². The summed E-state index contributed by atoms with van der Waals surface area (Å²) >= 11 is 0. The highest BCUT2D eigenvalue weighted by Crippen LogP contribution is 2.12. The van der Waals surface area contributed by atoms with Crippen LogP contribution in [0.2, 0.25) is 0 Å². The first-order valence-corrected chi connectivity index (χ1v) is 8.54. The quantitative estimate of drug-likeness (QED) is 0.740. The van der Waals surface area contributed by atoms with Crippen LogP contribution >= 0.6 is 0 Å². The van der Waals surface area contributed by atoms with E-state index in [2.05, 4.69) is 5.32 Å². The van der Waals surface area contributed by atoms with Crippen molar-refractivity contribution in [1.82, 2.24) is 5.32 Å². The second kappa shape index (κ2) is 9.73. The number of hydrogen-bond donors (Lipinski definition) is 1. The Morgan fingerprint density at radius 2 is 1.73 bits per heavy atom. The molecule has 2 aromatic carbocycles. The van der Waals surface area contributed by atoms with Gasteiger partial charge >= 0.3 is 5.97 Å². The smallest absolute Gasteiger partial charge is 0.328 e. The Labute approximate surface area is 154 Å². The molecule has 1 N–H and O–H groups in total. The average molecular weight is 355 g/mol. The van der Waals surface area contributed by atoms with Crippen molar-refractivity contribution in [2.75, 3.05) is 13.7 Å². The molecule has 0 aromatic heterocycles. The molecule has 5 heteroatoms. The fourth-order valence-corrected chi connectivity index (χ4v) is 2.57. The molecule has 0 saturated heterocycles. The van der Waals surface area contributed by atoms with Crippen LogP contribution in [0.5, 0.6) is 0 Å². The van der Waals surface area contributed by atoms with Gasteiger partial charge in [0.2, 0.25) is 5.91 Å². The highest BCUT2D eigenvalue weighted by molar-refractivity contribution is 5.85. The Morgan fingerprint density at radius 3 is 2.38 bits per heavy atom. The zero-order chi connectivity index (χ0) is 18.9. The van der Waals surface area contributed by atoms with E-state index in [1.165, 1.54) is 12.7 Å². The molecule has 2 rings (SSSR count). The van der Waals surface area contributed by atoms with Crippen molar-refractivity contribution in [2.24, 2.45) is 0 Å². The highest BCUT2D eigenvalue weighted by Gasteiger charge is 2.22. The molecule has 138 valence electrons. The van der Waals surface area contributed by atoms with E-state index in [0.717, 1.165) is 16.7 Å². The second-order valence-electron chi connectivity index (χ2n) is 6.24. The van der Waals surface area contributed by atoms with Gasteiger partial charge in [-0.1, -0.05) is 48.5 Å². The Hall–Kier alpha value is -2.66. The fourth-order valence-electron chi connectivity index (χ4n) is 2.57. The Morgan fingerprint density at radius 1 is 1.00 bits per heavy atom. The lowest BCUT2D eigenvalue weighted by molar-refractivity contribution is -0.145. The van der Waals surface area contributed by atoms with Crippen LogP contribution in [0.25, 0.3) is 0 Å². The van der Waals surface area contributed by atoms with E-state index in [-0.39, 0.29) is 12.5 Å². The maximum absolute atomic E-state index is 12.1. The van der Waals surface area contributed by atoms with E-state index in [1.54, 1.807) is 0 Å². The van der Waals surface area contributed by atoms with Crippen LogP contribution in [-0.2, 0) is 32.1 Å². The topological polar surface area (TPSA) is 64.6 Å². The number of nitrogens with one attached hydrogen (secondary N) is 1. The van der Waals surface area contributed by atoms with Gasteiger partial charge in [0, 0.05) is 6.42 Å². The molecule has 0 spiro atoms. The first kappa shape index (κ1) is 19.7. The van der Waals surface area contributed by atoms with E-state index in [4.69, 9.17) is 9.47 Å². The fraction of sp³-hybridized carbons (Fsp3) is 0.333. The minimum absolute atomic E-state index is 0.116. The van der Waals surface area contributed by atoms with Crippen LogP contribution < -0.4 is 5.32 Å². The summed E-state index contributed by atoms with van der Waals surface area (Å²) in [7, 11) is 1.31. The number of aryl methyl sites for hydroxylation is 2. The van der Waals surface area contributed by atoms with E-state index in [9.17, 15) is 9.59 Å². The normalized spacial score (nSPS) is 11.7. The van der Waals surface area contributed by atoms with Gasteiger partial charge in [-0.3, -0.25) is 4.79 Å². The summed E-state index contributed by atoms with van der Waals surface area (Å²) in [6.07, 6.45) is 0.373. The molecule has 0 saturated carbocycles. The molecule has 1 atom stereocenters. The SMILES string of the molecule is COC(=O)[C@H](Cc1ccc(C)c(C)c1)NC(=O)COCc1ccccc1. The molecule has 0 heterocycles. The van der Waals surface area contributed by atoms with Gasteiger partial charge in [0.15, 0.2) is 0 Å². The number of rotatable bonds is 8. The standard InChI is InChI=1S/C21H25NO4/c1-15-9-10-18(11-16(15)2)12-19(21(24)25-3)22-20(23)14-26-13-17-7-5-4-6-8-17/h4-11,19H,12-14H2,1-3H3,(H,22,23)/t19-/m0/s1. The number of esters is 1. The van der Waals surface area contributed by atoms with Crippen molar-refractivity contribution >= 4 is 11.9 Å². The maximum Gasteiger partial charge on any atom is 0.328 e. The molecule has 2 aromatic rings. The van der Waals surface area contributed by atoms with E-state index in [0.29, 0.717) is 13.0 Å². The van der Waals surface area contributed by atoms with Crippen molar-refractivity contribution < 1.29 is 19.1 Å². The lowest BCUT2D eigenvalue weighted by Crippen LogP contribution is -2.44. The third kappa shape index (κ3) is 6.01. The number of ether oxygens (including phenoxy) is 2. The van der Waals surface area contributed by atoms with Crippen LogP contribution in [0.4, 0.5) is 0 Å². The summed E-state index contributed by atoms with van der Waals surface area (Å²) < 4.78 is 10.2. The van der Waals surface area contributed by atoms with Crippen molar-refractivity contribution in [3.63, 3.8) is 0 Å². The predicted octanol–water partition coefficient (Wildman–Crippen LogP) is 2.72. The van der Waals surface area contributed by atoms with Crippen molar-refractivity contribution in [1.29, 1.82) is 0 Å². The Bertz CT molecular complexity index is 743. The Balaban J connectivity index is 1.90. The van der Waals surface area contributed by atoms with Crippen LogP contribution in [0.15, 0.2) is 48.5 Å². The van der Waals surface area contributed by atoms with Gasteiger partial charge in [-0.25, -0.2) is 4.79 Å². The number of hydrogen-bond acceptors (Lipinski definition) is 4. The monoisotopic (exact) mass is 355 g/mol. The minimum atomic E-state index is -0.741. The maximum atomic E-state index is 12.1. The molecule has 1 amide bonds. The molecule has 26 heavy (non-hydrogen) atoms. The first-order valence-electron chi connectivity index (χ1n) is 8.54. The number of carbonyl (C=O) groups is 2.